The van der Waals surface area contributed by atoms with E-state index in [2.05, 4.69) is 20.6 Å². The standard InChI is InChI=1S/C24H25N5OS/c1-16-13-25-14-21-27-19(15-29(16)21)12-20-10-6-7-11-28(20)24(30)22-23(31-17(2)26-22)18-8-4-3-5-9-18/h3-5,8-9,13-15,20H,6-7,10-12H2,1-2H3/t20-/m0/s1. The van der Waals surface area contributed by atoms with Gasteiger partial charge < -0.3 is 9.30 Å². The van der Waals surface area contributed by atoms with Crippen molar-refractivity contribution in [1.29, 1.82) is 0 Å². The van der Waals surface area contributed by atoms with Gasteiger partial charge in [-0.15, -0.1) is 11.3 Å². The van der Waals surface area contributed by atoms with Crippen LogP contribution < -0.4 is 0 Å². The number of fused-ring (bicyclic) bond motifs is 1. The first-order chi connectivity index (χ1) is 15.1. The maximum absolute atomic E-state index is 13.7. The average Bonchev–Trinajstić information content (AvgIpc) is 3.38. The normalized spacial score (nSPS) is 16.7. The molecule has 4 aromatic rings. The van der Waals surface area contributed by atoms with Crippen molar-refractivity contribution < 1.29 is 4.79 Å². The van der Waals surface area contributed by atoms with Crippen LogP contribution in [0.1, 0.15) is 46.1 Å². The topological polar surface area (TPSA) is 63.4 Å². The van der Waals surface area contributed by atoms with Gasteiger partial charge in [0.05, 0.1) is 21.8 Å². The molecule has 1 amide bonds. The quantitative estimate of drug-likeness (QED) is 0.470. The molecule has 6 nitrogen and oxygen atoms in total. The van der Waals surface area contributed by atoms with Gasteiger partial charge >= 0.3 is 0 Å². The number of thiazole rings is 1. The van der Waals surface area contributed by atoms with Crippen LogP contribution in [-0.2, 0) is 6.42 Å². The third-order valence-corrected chi connectivity index (χ3v) is 6.94. The van der Waals surface area contributed by atoms with E-state index in [0.717, 1.165) is 64.7 Å². The Bertz CT molecular complexity index is 1230. The number of aromatic nitrogens is 4. The van der Waals surface area contributed by atoms with Crippen molar-refractivity contribution in [1.82, 2.24) is 24.3 Å². The first-order valence-corrected chi connectivity index (χ1v) is 11.5. The molecule has 5 rings (SSSR count). The van der Waals surface area contributed by atoms with Gasteiger partial charge in [0.2, 0.25) is 0 Å². The molecule has 1 atom stereocenters. The van der Waals surface area contributed by atoms with Crippen molar-refractivity contribution in [3.05, 3.63) is 71.0 Å². The minimum atomic E-state index is 0.0366. The highest BCUT2D eigenvalue weighted by molar-refractivity contribution is 7.15. The number of amides is 1. The van der Waals surface area contributed by atoms with E-state index in [1.807, 2.05) is 55.3 Å². The second-order valence-electron chi connectivity index (χ2n) is 8.14. The first kappa shape index (κ1) is 19.9. The van der Waals surface area contributed by atoms with Gasteiger partial charge in [-0.3, -0.25) is 9.78 Å². The molecule has 1 aliphatic rings. The van der Waals surface area contributed by atoms with Crippen molar-refractivity contribution in [2.24, 2.45) is 0 Å². The van der Waals surface area contributed by atoms with Crippen molar-refractivity contribution in [2.75, 3.05) is 6.54 Å². The summed E-state index contributed by atoms with van der Waals surface area (Å²) in [4.78, 5) is 30.3. The van der Waals surface area contributed by atoms with E-state index in [9.17, 15) is 4.79 Å². The number of carbonyl (C=O) groups is 1. The summed E-state index contributed by atoms with van der Waals surface area (Å²) >= 11 is 1.59. The Morgan fingerprint density at radius 2 is 1.97 bits per heavy atom. The summed E-state index contributed by atoms with van der Waals surface area (Å²) in [5.41, 5.74) is 4.53. The lowest BCUT2D eigenvalue weighted by Crippen LogP contribution is -2.45. The van der Waals surface area contributed by atoms with Gasteiger partial charge in [0, 0.05) is 37.1 Å². The van der Waals surface area contributed by atoms with E-state index in [1.54, 1.807) is 17.5 Å². The van der Waals surface area contributed by atoms with E-state index in [0.29, 0.717) is 5.69 Å². The summed E-state index contributed by atoms with van der Waals surface area (Å²) in [6.45, 7) is 4.76. The van der Waals surface area contributed by atoms with E-state index in [-0.39, 0.29) is 11.9 Å². The highest BCUT2D eigenvalue weighted by Crippen LogP contribution is 2.32. The van der Waals surface area contributed by atoms with Crippen LogP contribution in [0.2, 0.25) is 0 Å². The van der Waals surface area contributed by atoms with Crippen LogP contribution in [0.5, 0.6) is 0 Å². The van der Waals surface area contributed by atoms with Gasteiger partial charge in [0.15, 0.2) is 5.65 Å². The number of imidazole rings is 1. The van der Waals surface area contributed by atoms with Crippen LogP contribution in [0.4, 0.5) is 0 Å². The van der Waals surface area contributed by atoms with Crippen LogP contribution in [0.25, 0.3) is 16.1 Å². The second kappa shape index (κ2) is 8.23. The SMILES string of the molecule is Cc1nc(C(=O)N2CCCC[C@H]2Cc2cn3c(C)cncc3n2)c(-c2ccccc2)s1. The fourth-order valence-corrected chi connectivity index (χ4v) is 5.32. The summed E-state index contributed by atoms with van der Waals surface area (Å²) in [6, 6.07) is 10.2. The molecule has 7 heteroatoms. The van der Waals surface area contributed by atoms with Crippen LogP contribution in [0.15, 0.2) is 48.9 Å². The molecule has 1 fully saturated rings. The van der Waals surface area contributed by atoms with Crippen molar-refractivity contribution in [2.45, 2.75) is 45.6 Å². The molecule has 158 valence electrons. The van der Waals surface area contributed by atoms with Crippen molar-refractivity contribution in [3.63, 3.8) is 0 Å². The largest absolute Gasteiger partial charge is 0.334 e. The highest BCUT2D eigenvalue weighted by Gasteiger charge is 2.31. The Hall–Kier alpha value is -3.06. The summed E-state index contributed by atoms with van der Waals surface area (Å²) in [7, 11) is 0. The predicted octanol–water partition coefficient (Wildman–Crippen LogP) is 4.71. The van der Waals surface area contributed by atoms with Gasteiger partial charge in [0.25, 0.3) is 5.91 Å². The summed E-state index contributed by atoms with van der Waals surface area (Å²) in [6.07, 6.45) is 9.59. The number of benzene rings is 1. The summed E-state index contributed by atoms with van der Waals surface area (Å²) in [5, 5.41) is 0.916. The molecular weight excluding hydrogens is 406 g/mol. The molecule has 1 saturated heterocycles. The third kappa shape index (κ3) is 3.85. The van der Waals surface area contributed by atoms with Crippen LogP contribution in [0, 0.1) is 13.8 Å². The Morgan fingerprint density at radius 1 is 1.13 bits per heavy atom. The molecule has 31 heavy (non-hydrogen) atoms. The maximum Gasteiger partial charge on any atom is 0.274 e. The fourth-order valence-electron chi connectivity index (χ4n) is 4.41. The molecule has 0 N–H and O–H groups in total. The van der Waals surface area contributed by atoms with Crippen LogP contribution in [-0.4, -0.2) is 42.7 Å². The molecule has 0 aliphatic carbocycles. The van der Waals surface area contributed by atoms with E-state index < -0.39 is 0 Å². The van der Waals surface area contributed by atoms with E-state index in [4.69, 9.17) is 4.98 Å². The number of piperidine rings is 1. The monoisotopic (exact) mass is 431 g/mol. The lowest BCUT2D eigenvalue weighted by molar-refractivity contribution is 0.0608. The lowest BCUT2D eigenvalue weighted by atomic mass is 9.97. The zero-order valence-electron chi connectivity index (χ0n) is 17.8. The number of nitrogens with zero attached hydrogens (tertiary/aromatic N) is 5. The molecule has 3 aromatic heterocycles. The fraction of sp³-hybridized carbons (Fsp3) is 0.333. The Morgan fingerprint density at radius 3 is 2.77 bits per heavy atom. The number of carbonyl (C=O) groups excluding carboxylic acids is 1. The van der Waals surface area contributed by atoms with Gasteiger partial charge in [0.1, 0.15) is 5.69 Å². The van der Waals surface area contributed by atoms with Gasteiger partial charge in [-0.25, -0.2) is 9.97 Å². The maximum atomic E-state index is 13.7. The molecular formula is C24H25N5OS. The van der Waals surface area contributed by atoms with Gasteiger partial charge in [-0.1, -0.05) is 30.3 Å². The average molecular weight is 432 g/mol. The molecule has 0 saturated carbocycles. The van der Waals surface area contributed by atoms with Crippen LogP contribution in [0.3, 0.4) is 0 Å². The van der Waals surface area contributed by atoms with Gasteiger partial charge in [-0.05, 0) is 38.7 Å². The molecule has 0 bridgehead atoms. The van der Waals surface area contributed by atoms with E-state index >= 15 is 0 Å². The molecule has 0 unspecified atom stereocenters. The smallest absolute Gasteiger partial charge is 0.274 e. The zero-order chi connectivity index (χ0) is 21.4. The summed E-state index contributed by atoms with van der Waals surface area (Å²) in [5.74, 6) is 0.0366. The summed E-state index contributed by atoms with van der Waals surface area (Å²) < 4.78 is 2.06. The zero-order valence-corrected chi connectivity index (χ0v) is 18.6. The minimum Gasteiger partial charge on any atom is -0.334 e. The van der Waals surface area contributed by atoms with E-state index in [1.165, 1.54) is 0 Å². The third-order valence-electron chi connectivity index (χ3n) is 5.92. The number of hydrogen-bond acceptors (Lipinski definition) is 5. The molecule has 1 aliphatic heterocycles. The molecule has 4 heterocycles. The number of aryl methyl sites for hydroxylation is 2. The van der Waals surface area contributed by atoms with Gasteiger partial charge in [-0.2, -0.15) is 0 Å². The number of hydrogen-bond donors (Lipinski definition) is 0. The second-order valence-corrected chi connectivity index (χ2v) is 9.34. The first-order valence-electron chi connectivity index (χ1n) is 10.7. The molecule has 1 aromatic carbocycles. The lowest BCUT2D eigenvalue weighted by Gasteiger charge is -2.35. The Kier molecular flexibility index (Phi) is 5.28. The predicted molar refractivity (Wildman–Crippen MR) is 122 cm³/mol. The Balaban J connectivity index is 1.44. The Labute approximate surface area is 185 Å². The number of likely N-dealkylation sites (tertiary alicyclic amines) is 1. The van der Waals surface area contributed by atoms with Crippen molar-refractivity contribution >= 4 is 22.9 Å². The molecule has 0 radical (unpaired) electrons. The minimum absolute atomic E-state index is 0.0366. The number of rotatable bonds is 4. The van der Waals surface area contributed by atoms with Crippen LogP contribution >= 0.6 is 11.3 Å². The highest BCUT2D eigenvalue weighted by atomic mass is 32.1. The molecule has 0 spiro atoms. The van der Waals surface area contributed by atoms with Crippen molar-refractivity contribution in [3.8, 4) is 10.4 Å².